The van der Waals surface area contributed by atoms with E-state index in [1.54, 1.807) is 12.1 Å². The molecular weight excluding hydrogens is 328 g/mol. The van der Waals surface area contributed by atoms with E-state index in [2.05, 4.69) is 15.1 Å². The average molecular weight is 344 g/mol. The summed E-state index contributed by atoms with van der Waals surface area (Å²) in [6, 6.07) is 15.3. The second-order valence-corrected chi connectivity index (χ2v) is 5.99. The van der Waals surface area contributed by atoms with Crippen molar-refractivity contribution in [1.29, 1.82) is 0 Å². The minimum atomic E-state index is -0.128. The number of benzene rings is 2. The lowest BCUT2D eigenvalue weighted by atomic mass is 10.1. The Morgan fingerprint density at radius 2 is 1.88 bits per heavy atom. The molecule has 4 rings (SSSR count). The Morgan fingerprint density at radius 1 is 1.08 bits per heavy atom. The highest BCUT2D eigenvalue weighted by molar-refractivity contribution is 5.76. The van der Waals surface area contributed by atoms with Gasteiger partial charge in [0.1, 0.15) is 0 Å². The van der Waals surface area contributed by atoms with Crippen LogP contribution in [0, 0.1) is 6.92 Å². The summed E-state index contributed by atoms with van der Waals surface area (Å²) in [4.78, 5) is 21.1. The van der Waals surface area contributed by atoms with Crippen LogP contribution in [-0.4, -0.2) is 19.7 Å². The van der Waals surface area contributed by atoms with E-state index in [1.807, 2.05) is 55.5 Å². The highest BCUT2D eigenvalue weighted by Gasteiger charge is 2.08. The first-order valence-electron chi connectivity index (χ1n) is 8.20. The molecule has 2 heterocycles. The van der Waals surface area contributed by atoms with Crippen molar-refractivity contribution in [3.63, 3.8) is 0 Å². The Bertz CT molecular complexity index is 1140. The first kappa shape index (κ1) is 16.0. The zero-order valence-corrected chi connectivity index (χ0v) is 14.2. The highest BCUT2D eigenvalue weighted by Crippen LogP contribution is 2.09. The summed E-state index contributed by atoms with van der Waals surface area (Å²) in [5.74, 6) is 0.815. The fraction of sp³-hybridized carbons (Fsp3) is 0.100. The molecule has 0 aliphatic rings. The van der Waals surface area contributed by atoms with Crippen molar-refractivity contribution in [3.05, 3.63) is 88.1 Å². The van der Waals surface area contributed by atoms with Gasteiger partial charge < -0.3 is 4.52 Å². The molecule has 0 amide bonds. The molecule has 0 saturated heterocycles. The lowest BCUT2D eigenvalue weighted by molar-refractivity contribution is 0.401. The van der Waals surface area contributed by atoms with Crippen molar-refractivity contribution < 1.29 is 4.52 Å². The summed E-state index contributed by atoms with van der Waals surface area (Å²) < 4.78 is 6.70. The van der Waals surface area contributed by atoms with Crippen molar-refractivity contribution >= 4 is 23.1 Å². The van der Waals surface area contributed by atoms with Crippen LogP contribution in [0.4, 0.5) is 0 Å². The molecule has 0 bridgehead atoms. The minimum Gasteiger partial charge on any atom is -0.335 e. The minimum absolute atomic E-state index is 0.128. The summed E-state index contributed by atoms with van der Waals surface area (Å²) in [5, 5.41) is 4.50. The molecule has 0 radical (unpaired) electrons. The lowest BCUT2D eigenvalue weighted by Gasteiger charge is -2.03. The number of nitrogens with zero attached hydrogens (tertiary/aromatic N) is 4. The van der Waals surface area contributed by atoms with Gasteiger partial charge in [0.15, 0.2) is 5.82 Å². The van der Waals surface area contributed by atoms with Crippen molar-refractivity contribution in [2.45, 2.75) is 13.5 Å². The van der Waals surface area contributed by atoms with E-state index in [0.717, 1.165) is 5.56 Å². The Morgan fingerprint density at radius 3 is 2.73 bits per heavy atom. The lowest BCUT2D eigenvalue weighted by Crippen LogP contribution is -2.21. The van der Waals surface area contributed by atoms with Gasteiger partial charge in [-0.25, -0.2) is 4.98 Å². The van der Waals surface area contributed by atoms with Crippen LogP contribution in [0.3, 0.4) is 0 Å². The summed E-state index contributed by atoms with van der Waals surface area (Å²) in [6.45, 7) is 2.25. The molecule has 0 saturated carbocycles. The smallest absolute Gasteiger partial charge is 0.261 e. The maximum Gasteiger partial charge on any atom is 0.261 e. The van der Waals surface area contributed by atoms with Gasteiger partial charge in [0.25, 0.3) is 11.4 Å². The Hall–Kier alpha value is -3.54. The number of hydrogen-bond donors (Lipinski definition) is 0. The van der Waals surface area contributed by atoms with E-state index in [4.69, 9.17) is 4.52 Å². The zero-order chi connectivity index (χ0) is 17.9. The molecule has 0 aliphatic heterocycles. The molecule has 0 unspecified atom stereocenters. The van der Waals surface area contributed by atoms with Gasteiger partial charge in [-0.3, -0.25) is 9.36 Å². The van der Waals surface area contributed by atoms with Crippen LogP contribution in [0.1, 0.15) is 22.8 Å². The van der Waals surface area contributed by atoms with Gasteiger partial charge in [0, 0.05) is 6.08 Å². The summed E-state index contributed by atoms with van der Waals surface area (Å²) in [7, 11) is 0. The van der Waals surface area contributed by atoms with Gasteiger partial charge in [-0.05, 0) is 30.7 Å². The van der Waals surface area contributed by atoms with E-state index in [-0.39, 0.29) is 12.1 Å². The molecule has 4 aromatic rings. The van der Waals surface area contributed by atoms with Gasteiger partial charge in [-0.15, -0.1) is 0 Å². The number of aryl methyl sites for hydroxylation is 1. The second-order valence-electron chi connectivity index (χ2n) is 5.99. The van der Waals surface area contributed by atoms with Crippen molar-refractivity contribution in [1.82, 2.24) is 19.7 Å². The van der Waals surface area contributed by atoms with Crippen LogP contribution < -0.4 is 5.56 Å². The number of para-hydroxylation sites is 1. The standard InChI is InChI=1S/C20H16N4O2/c1-14-6-8-15(9-7-14)10-11-19-22-18(23-26-19)12-24-13-21-17-5-3-2-4-16(17)20(24)25/h2-11,13H,12H2,1H3. The van der Waals surface area contributed by atoms with E-state index in [0.29, 0.717) is 22.6 Å². The molecule has 0 fully saturated rings. The molecule has 0 N–H and O–H groups in total. The topological polar surface area (TPSA) is 73.8 Å². The van der Waals surface area contributed by atoms with Crippen molar-refractivity contribution in [2.75, 3.05) is 0 Å². The van der Waals surface area contributed by atoms with Crippen molar-refractivity contribution in [3.8, 4) is 0 Å². The molecule has 0 atom stereocenters. The molecule has 26 heavy (non-hydrogen) atoms. The van der Waals surface area contributed by atoms with Gasteiger partial charge in [-0.2, -0.15) is 4.98 Å². The average Bonchev–Trinajstić information content (AvgIpc) is 3.11. The molecule has 128 valence electrons. The van der Waals surface area contributed by atoms with E-state index in [9.17, 15) is 4.79 Å². The Balaban J connectivity index is 1.54. The predicted molar refractivity (Wildman–Crippen MR) is 99.5 cm³/mol. The van der Waals surface area contributed by atoms with Crippen LogP contribution >= 0.6 is 0 Å². The predicted octanol–water partition coefficient (Wildman–Crippen LogP) is 3.31. The van der Waals surface area contributed by atoms with Crippen LogP contribution in [0.2, 0.25) is 0 Å². The van der Waals surface area contributed by atoms with Crippen LogP contribution in [0.5, 0.6) is 0 Å². The molecule has 6 nitrogen and oxygen atoms in total. The molecule has 2 aromatic heterocycles. The number of rotatable bonds is 4. The number of fused-ring (bicyclic) bond motifs is 1. The van der Waals surface area contributed by atoms with Crippen LogP contribution in [0.25, 0.3) is 23.1 Å². The third-order valence-electron chi connectivity index (χ3n) is 4.02. The normalized spacial score (nSPS) is 11.4. The van der Waals surface area contributed by atoms with Crippen LogP contribution in [-0.2, 0) is 6.54 Å². The quantitative estimate of drug-likeness (QED) is 0.568. The SMILES string of the molecule is Cc1ccc(C=Cc2nc(Cn3cnc4ccccc4c3=O)no2)cc1. The third-order valence-corrected chi connectivity index (χ3v) is 4.02. The monoisotopic (exact) mass is 344 g/mol. The van der Waals surface area contributed by atoms with E-state index < -0.39 is 0 Å². The van der Waals surface area contributed by atoms with Gasteiger partial charge in [0.2, 0.25) is 0 Å². The molecule has 6 heteroatoms. The highest BCUT2D eigenvalue weighted by atomic mass is 16.5. The number of hydrogen-bond acceptors (Lipinski definition) is 5. The van der Waals surface area contributed by atoms with Crippen molar-refractivity contribution in [2.24, 2.45) is 0 Å². The maximum absolute atomic E-state index is 12.5. The number of aromatic nitrogens is 4. The fourth-order valence-corrected chi connectivity index (χ4v) is 2.62. The third kappa shape index (κ3) is 3.30. The molecular formula is C20H16N4O2. The largest absolute Gasteiger partial charge is 0.335 e. The molecule has 2 aromatic carbocycles. The Kier molecular flexibility index (Phi) is 4.15. The first-order valence-corrected chi connectivity index (χ1v) is 8.20. The van der Waals surface area contributed by atoms with E-state index >= 15 is 0 Å². The first-order chi connectivity index (χ1) is 12.7. The Labute approximate surface area is 149 Å². The summed E-state index contributed by atoms with van der Waals surface area (Å²) >= 11 is 0. The zero-order valence-electron chi connectivity index (χ0n) is 14.2. The maximum atomic E-state index is 12.5. The summed E-state index contributed by atoms with van der Waals surface area (Å²) in [6.07, 6.45) is 5.16. The summed E-state index contributed by atoms with van der Waals surface area (Å²) in [5.41, 5.74) is 2.79. The molecule has 0 aliphatic carbocycles. The molecule has 0 spiro atoms. The van der Waals surface area contributed by atoms with Gasteiger partial charge in [-0.1, -0.05) is 47.1 Å². The van der Waals surface area contributed by atoms with Crippen LogP contribution in [0.15, 0.2) is 64.2 Å². The fourth-order valence-electron chi connectivity index (χ4n) is 2.62. The van der Waals surface area contributed by atoms with Gasteiger partial charge in [0.05, 0.1) is 23.8 Å². The second kappa shape index (κ2) is 6.76. The van der Waals surface area contributed by atoms with E-state index in [1.165, 1.54) is 16.5 Å². The van der Waals surface area contributed by atoms with Gasteiger partial charge >= 0.3 is 0 Å².